The molecule has 0 unspecified atom stereocenters. The Morgan fingerprint density at radius 1 is 0.533 bits per heavy atom. The molecule has 0 aliphatic carbocycles. The van der Waals surface area contributed by atoms with E-state index in [4.69, 9.17) is 24.4 Å². The van der Waals surface area contributed by atoms with Crippen LogP contribution < -0.4 is 9.47 Å². The third kappa shape index (κ3) is 6.05. The number of nitrogens with zero attached hydrogens (tertiary/aromatic N) is 5. The molecule has 10 aromatic rings. The molecule has 0 fully saturated rings. The number of ether oxygens (including phenoxy) is 2. The predicted octanol–water partition coefficient (Wildman–Crippen LogP) is 9.89. The van der Waals surface area contributed by atoms with Crippen LogP contribution in [-0.2, 0) is 10.1 Å². The van der Waals surface area contributed by atoms with Gasteiger partial charge in [0.05, 0.1) is 41.8 Å². The zero-order valence-corrected chi connectivity index (χ0v) is 33.0. The highest BCUT2D eigenvalue weighted by atomic mass is 32.2. The van der Waals surface area contributed by atoms with Gasteiger partial charge in [-0.1, -0.05) is 97.1 Å². The van der Waals surface area contributed by atoms with E-state index in [0.29, 0.717) is 17.6 Å². The molecule has 0 aliphatic rings. The molecule has 1 N–H and O–H groups in total. The molecule has 0 saturated heterocycles. The first-order valence-electron chi connectivity index (χ1n) is 18.9. The second-order valence-electron chi connectivity index (χ2n) is 14.2. The van der Waals surface area contributed by atoms with Gasteiger partial charge in [-0.2, -0.15) is 18.4 Å². The summed E-state index contributed by atoms with van der Waals surface area (Å²) in [5.41, 5.74) is 6.58. The van der Waals surface area contributed by atoms with Crippen molar-refractivity contribution in [2.75, 3.05) is 14.2 Å². The van der Waals surface area contributed by atoms with Crippen LogP contribution in [0.3, 0.4) is 0 Å². The summed E-state index contributed by atoms with van der Waals surface area (Å²) in [6.45, 7) is 0. The van der Waals surface area contributed by atoms with Gasteiger partial charge in [-0.05, 0) is 54.6 Å². The van der Waals surface area contributed by atoms with Crippen molar-refractivity contribution in [3.63, 3.8) is 0 Å². The minimum absolute atomic E-state index is 0.0423. The molecular weight excluding hydrogens is 775 g/mol. The van der Waals surface area contributed by atoms with Gasteiger partial charge in [0, 0.05) is 50.0 Å². The smallest absolute Gasteiger partial charge is 0.298 e. The van der Waals surface area contributed by atoms with Gasteiger partial charge in [-0.15, -0.1) is 0 Å². The minimum atomic E-state index is -4.71. The Bertz CT molecular complexity index is 3380. The van der Waals surface area contributed by atoms with E-state index in [-0.39, 0.29) is 22.6 Å². The second kappa shape index (κ2) is 14.3. The van der Waals surface area contributed by atoms with Crippen LogP contribution in [0.1, 0.15) is 15.9 Å². The van der Waals surface area contributed by atoms with Crippen LogP contribution in [0.4, 0.5) is 0 Å². The zero-order chi connectivity index (χ0) is 41.1. The van der Waals surface area contributed by atoms with Crippen LogP contribution in [0.2, 0.25) is 0 Å². The molecule has 0 aliphatic heterocycles. The summed E-state index contributed by atoms with van der Waals surface area (Å²) in [6.07, 6.45) is 0. The topological polar surface area (TPSA) is 138 Å². The lowest BCUT2D eigenvalue weighted by atomic mass is 10.0. The Labute approximate surface area is 343 Å². The lowest BCUT2D eigenvalue weighted by molar-refractivity contribution is 0.103. The maximum atomic E-state index is 13.9. The van der Waals surface area contributed by atoms with E-state index in [1.807, 2.05) is 97.1 Å². The molecule has 0 bridgehead atoms. The van der Waals surface area contributed by atoms with E-state index < -0.39 is 20.8 Å². The summed E-state index contributed by atoms with van der Waals surface area (Å²) < 4.78 is 49.1. The van der Waals surface area contributed by atoms with Crippen molar-refractivity contribution in [1.82, 2.24) is 24.1 Å². The molecule has 11 nitrogen and oxygen atoms in total. The molecule has 0 spiro atoms. The summed E-state index contributed by atoms with van der Waals surface area (Å²) in [4.78, 5) is 28.5. The van der Waals surface area contributed by atoms with Gasteiger partial charge >= 0.3 is 0 Å². The minimum Gasteiger partial charge on any atom is -0.496 e. The van der Waals surface area contributed by atoms with Crippen molar-refractivity contribution >= 4 is 59.5 Å². The number of methoxy groups -OCH3 is 2. The first-order chi connectivity index (χ1) is 29.2. The number of hydrogen-bond acceptors (Lipinski definition) is 8. The highest BCUT2D eigenvalue weighted by Gasteiger charge is 2.25. The van der Waals surface area contributed by atoms with Gasteiger partial charge in [-0.25, -0.2) is 4.98 Å². The van der Waals surface area contributed by atoms with Crippen molar-refractivity contribution < 1.29 is 27.2 Å². The van der Waals surface area contributed by atoms with Gasteiger partial charge < -0.3 is 14.0 Å². The first kappa shape index (κ1) is 36.7. The zero-order valence-electron chi connectivity index (χ0n) is 32.1. The van der Waals surface area contributed by atoms with Crippen LogP contribution in [-0.4, -0.2) is 57.1 Å². The largest absolute Gasteiger partial charge is 0.496 e. The molecule has 12 heteroatoms. The Balaban J connectivity index is 1.16. The van der Waals surface area contributed by atoms with Crippen molar-refractivity contribution in [1.29, 1.82) is 0 Å². The number of rotatable bonds is 9. The van der Waals surface area contributed by atoms with Crippen LogP contribution >= 0.6 is 0 Å². The quantitative estimate of drug-likeness (QED) is 0.112. The van der Waals surface area contributed by atoms with Gasteiger partial charge in [0.15, 0.2) is 17.4 Å². The number of para-hydroxylation sites is 2. The number of aromatic nitrogens is 5. The highest BCUT2D eigenvalue weighted by Crippen LogP contribution is 2.40. The fraction of sp³-hybridized carbons (Fsp3) is 0.0417. The molecule has 0 saturated carbocycles. The lowest BCUT2D eigenvalue weighted by Crippen LogP contribution is -2.09. The number of fused-ring (bicyclic) bond motifs is 6. The number of carbonyl (C=O) groups excluding carboxylic acids is 1. The fourth-order valence-corrected chi connectivity index (χ4v) is 8.65. The first-order valence-corrected chi connectivity index (χ1v) is 20.4. The van der Waals surface area contributed by atoms with Gasteiger partial charge in [0.2, 0.25) is 5.95 Å². The highest BCUT2D eigenvalue weighted by molar-refractivity contribution is 7.86. The summed E-state index contributed by atoms with van der Waals surface area (Å²) in [7, 11) is -2.07. The number of hydrogen-bond donors (Lipinski definition) is 1. The normalized spacial score (nSPS) is 11.8. The average molecular weight is 808 g/mol. The number of benzene rings is 7. The Kier molecular flexibility index (Phi) is 8.74. The summed E-state index contributed by atoms with van der Waals surface area (Å²) >= 11 is 0. The van der Waals surface area contributed by atoms with Gasteiger partial charge in [-0.3, -0.25) is 13.9 Å². The lowest BCUT2D eigenvalue weighted by Gasteiger charge is -2.13. The maximum Gasteiger partial charge on any atom is 0.298 e. The number of ketones is 1. The van der Waals surface area contributed by atoms with Gasteiger partial charge in [0.1, 0.15) is 16.4 Å². The molecule has 3 aromatic heterocycles. The van der Waals surface area contributed by atoms with Crippen LogP contribution in [0.15, 0.2) is 163 Å². The summed E-state index contributed by atoms with van der Waals surface area (Å²) in [6, 6.07) is 50.0. The van der Waals surface area contributed by atoms with Crippen molar-refractivity contribution in [2.24, 2.45) is 0 Å². The molecule has 60 heavy (non-hydrogen) atoms. The van der Waals surface area contributed by atoms with E-state index in [1.165, 1.54) is 20.3 Å². The molecule has 7 aromatic carbocycles. The van der Waals surface area contributed by atoms with Gasteiger partial charge in [0.25, 0.3) is 10.1 Å². The van der Waals surface area contributed by atoms with E-state index in [0.717, 1.165) is 66.5 Å². The van der Waals surface area contributed by atoms with E-state index >= 15 is 0 Å². The average Bonchev–Trinajstić information content (AvgIpc) is 3.79. The van der Waals surface area contributed by atoms with Crippen molar-refractivity contribution in [3.05, 3.63) is 169 Å². The molecule has 292 valence electrons. The second-order valence-corrected chi connectivity index (χ2v) is 15.6. The SMILES string of the molecule is COc1cc(OC)c(S(=O)(=O)O)cc1C(=O)c1ccc(-n2c3ccccc3c3cc4c(cc32)c2ccccc2n4-c2nc(-c3ccccc3)nc(-c3ccccc3)n2)cc1. The molecule has 0 atom stereocenters. The maximum absolute atomic E-state index is 13.9. The van der Waals surface area contributed by atoms with Crippen molar-refractivity contribution in [3.8, 4) is 45.9 Å². The van der Waals surface area contributed by atoms with E-state index in [1.54, 1.807) is 12.1 Å². The molecule has 3 heterocycles. The molecule has 0 radical (unpaired) electrons. The Hall–Kier alpha value is -7.67. The van der Waals surface area contributed by atoms with Crippen LogP contribution in [0.25, 0.3) is 78.0 Å². The van der Waals surface area contributed by atoms with Crippen LogP contribution in [0, 0.1) is 0 Å². The van der Waals surface area contributed by atoms with E-state index in [9.17, 15) is 17.8 Å². The molecular formula is C48H33N5O6S. The third-order valence-corrected chi connectivity index (χ3v) is 11.6. The summed E-state index contributed by atoms with van der Waals surface area (Å²) in [5.74, 6) is 1.08. The number of carbonyl (C=O) groups is 1. The summed E-state index contributed by atoms with van der Waals surface area (Å²) in [5, 5.41) is 4.05. The fourth-order valence-electron chi connectivity index (χ4n) is 7.99. The monoisotopic (exact) mass is 807 g/mol. The third-order valence-electron chi connectivity index (χ3n) is 10.7. The standard InChI is InChI=1S/C48H33N5O6S/c1-58-42-28-43(59-2)44(60(55,56)57)27-37(42)45(54)29-21-23-32(24-22-29)52-38-19-11-9-17-33(38)35-26-41-36(25-40(35)52)34-18-10-12-20-39(34)53(41)48-50-46(30-13-5-3-6-14-30)49-47(51-48)31-15-7-4-8-16-31/h3-28H,1-2H3,(H,55,56,57). The Morgan fingerprint density at radius 3 is 1.57 bits per heavy atom. The van der Waals surface area contributed by atoms with E-state index in [2.05, 4.69) is 45.5 Å². The van der Waals surface area contributed by atoms with Crippen LogP contribution in [0.5, 0.6) is 11.5 Å². The molecule has 10 rings (SSSR count). The molecule has 0 amide bonds. The Morgan fingerprint density at radius 2 is 1.03 bits per heavy atom. The van der Waals surface area contributed by atoms with Crippen molar-refractivity contribution in [2.45, 2.75) is 4.90 Å². The predicted molar refractivity (Wildman–Crippen MR) is 232 cm³/mol.